The summed E-state index contributed by atoms with van der Waals surface area (Å²) in [6.45, 7) is 1.45. The van der Waals surface area contributed by atoms with Crippen LogP contribution in [0.3, 0.4) is 0 Å². The van der Waals surface area contributed by atoms with Crippen LogP contribution in [-0.2, 0) is 10.4 Å². The molecule has 1 aliphatic rings. The average molecular weight is 403 g/mol. The van der Waals surface area contributed by atoms with E-state index in [1.165, 1.54) is 25.1 Å². The van der Waals surface area contributed by atoms with Gasteiger partial charge in [-0.25, -0.2) is 18.0 Å². The van der Waals surface area contributed by atoms with Crippen molar-refractivity contribution in [3.8, 4) is 0 Å². The molecule has 148 valence electrons. The third kappa shape index (κ3) is 3.08. The summed E-state index contributed by atoms with van der Waals surface area (Å²) in [5.74, 6) is -6.70. The molecular weight excluding hydrogens is 392 g/mol. The van der Waals surface area contributed by atoms with Gasteiger partial charge in [-0.15, -0.1) is 0 Å². The smallest absolute Gasteiger partial charge is 0.435 e. The van der Waals surface area contributed by atoms with Gasteiger partial charge in [0.2, 0.25) is 0 Å². The molecule has 0 aromatic heterocycles. The Kier molecular flexibility index (Phi) is 4.60. The van der Waals surface area contributed by atoms with Crippen LogP contribution in [0.25, 0.3) is 0 Å². The van der Waals surface area contributed by atoms with Gasteiger partial charge in [-0.2, -0.15) is 13.2 Å². The maximum Gasteiger partial charge on any atom is 0.435 e. The highest BCUT2D eigenvalue weighted by Gasteiger charge is 2.62. The van der Waals surface area contributed by atoms with Gasteiger partial charge in [-0.3, -0.25) is 0 Å². The first-order chi connectivity index (χ1) is 13.0. The number of hydrogen-bond acceptors (Lipinski definition) is 3. The molecule has 0 saturated heterocycles. The molecule has 1 aliphatic heterocycles. The fraction of sp³-hybridized carbons (Fsp3) is 0.222. The Hall–Kier alpha value is -3.04. The second-order valence-corrected chi connectivity index (χ2v) is 6.22. The number of rotatable bonds is 3. The van der Waals surface area contributed by atoms with Gasteiger partial charge in [0.1, 0.15) is 0 Å². The van der Waals surface area contributed by atoms with Crippen LogP contribution >= 0.6 is 0 Å². The number of aromatic carboxylic acids is 1. The van der Waals surface area contributed by atoms with Gasteiger partial charge in [-0.1, -0.05) is 11.2 Å². The monoisotopic (exact) mass is 403 g/mol. The first-order valence-electron chi connectivity index (χ1n) is 7.77. The number of alkyl halides is 3. The Bertz CT molecular complexity index is 978. The Labute approximate surface area is 154 Å². The van der Waals surface area contributed by atoms with Gasteiger partial charge in [-0.05, 0) is 42.3 Å². The van der Waals surface area contributed by atoms with Gasteiger partial charge < -0.3 is 9.94 Å². The fourth-order valence-corrected chi connectivity index (χ4v) is 2.93. The summed E-state index contributed by atoms with van der Waals surface area (Å²) in [6.07, 6.45) is -6.07. The molecule has 1 heterocycles. The first kappa shape index (κ1) is 19.7. The lowest BCUT2D eigenvalue weighted by atomic mass is 9.86. The van der Waals surface area contributed by atoms with E-state index in [0.29, 0.717) is 0 Å². The third-order valence-electron chi connectivity index (χ3n) is 4.43. The molecule has 0 fully saturated rings. The minimum atomic E-state index is -5.13. The van der Waals surface area contributed by atoms with E-state index in [9.17, 15) is 31.1 Å². The summed E-state index contributed by atoms with van der Waals surface area (Å²) in [6, 6.07) is 4.17. The van der Waals surface area contributed by atoms with Crippen molar-refractivity contribution >= 4 is 11.7 Å². The molecule has 10 heteroatoms. The summed E-state index contributed by atoms with van der Waals surface area (Å²) in [5.41, 5.74) is -4.02. The number of carboxylic acid groups (broad SMARTS) is 1. The van der Waals surface area contributed by atoms with Gasteiger partial charge >= 0.3 is 12.1 Å². The van der Waals surface area contributed by atoms with Crippen molar-refractivity contribution in [3.05, 3.63) is 70.0 Å². The minimum absolute atomic E-state index is 0.0481. The van der Waals surface area contributed by atoms with Crippen LogP contribution in [-0.4, -0.2) is 23.0 Å². The molecular formula is C18H11F6NO3. The molecule has 2 aromatic rings. The van der Waals surface area contributed by atoms with E-state index in [4.69, 9.17) is 5.11 Å². The second-order valence-electron chi connectivity index (χ2n) is 6.22. The zero-order valence-corrected chi connectivity index (χ0v) is 14.1. The average Bonchev–Trinajstić information content (AvgIpc) is 3.05. The maximum absolute atomic E-state index is 13.8. The van der Waals surface area contributed by atoms with E-state index in [0.717, 1.165) is 0 Å². The van der Waals surface area contributed by atoms with Crippen molar-refractivity contribution in [2.75, 3.05) is 0 Å². The molecule has 0 amide bonds. The minimum Gasteiger partial charge on any atom is -0.478 e. The number of hydrogen-bond donors (Lipinski definition) is 1. The number of nitrogens with zero attached hydrogens (tertiary/aromatic N) is 1. The number of carboxylic acids is 1. The van der Waals surface area contributed by atoms with E-state index in [2.05, 4.69) is 9.99 Å². The molecule has 2 aromatic carbocycles. The Morgan fingerprint density at radius 1 is 1.14 bits per heavy atom. The van der Waals surface area contributed by atoms with Crippen LogP contribution in [0.5, 0.6) is 0 Å². The largest absolute Gasteiger partial charge is 0.478 e. The molecule has 0 aliphatic carbocycles. The highest BCUT2D eigenvalue weighted by atomic mass is 19.4. The maximum atomic E-state index is 13.8. The molecule has 28 heavy (non-hydrogen) atoms. The molecule has 1 atom stereocenters. The zero-order chi connectivity index (χ0) is 20.9. The van der Waals surface area contributed by atoms with Crippen molar-refractivity contribution < 1.29 is 41.1 Å². The van der Waals surface area contributed by atoms with E-state index in [1.807, 2.05) is 0 Å². The number of halogens is 6. The van der Waals surface area contributed by atoms with Crippen LogP contribution in [0.4, 0.5) is 26.3 Å². The van der Waals surface area contributed by atoms with Crippen LogP contribution in [0.2, 0.25) is 0 Å². The van der Waals surface area contributed by atoms with Gasteiger partial charge in [0.25, 0.3) is 5.60 Å². The molecule has 0 bridgehead atoms. The van der Waals surface area contributed by atoms with Crippen molar-refractivity contribution in [2.24, 2.45) is 5.16 Å². The number of benzene rings is 2. The number of aryl methyl sites for hydroxylation is 1. The van der Waals surface area contributed by atoms with Gasteiger partial charge in [0, 0.05) is 12.0 Å². The Morgan fingerprint density at radius 2 is 1.75 bits per heavy atom. The molecule has 0 saturated carbocycles. The fourth-order valence-electron chi connectivity index (χ4n) is 2.93. The number of oxime groups is 1. The summed E-state index contributed by atoms with van der Waals surface area (Å²) < 4.78 is 81.6. The van der Waals surface area contributed by atoms with Crippen LogP contribution < -0.4 is 0 Å². The summed E-state index contributed by atoms with van der Waals surface area (Å²) in [5, 5.41) is 12.4. The lowest BCUT2D eigenvalue weighted by Crippen LogP contribution is -2.43. The van der Waals surface area contributed by atoms with E-state index >= 15 is 0 Å². The van der Waals surface area contributed by atoms with Crippen LogP contribution in [0.1, 0.15) is 33.5 Å². The van der Waals surface area contributed by atoms with Crippen molar-refractivity contribution in [1.82, 2.24) is 0 Å². The molecule has 0 spiro atoms. The summed E-state index contributed by atoms with van der Waals surface area (Å²) >= 11 is 0. The Morgan fingerprint density at radius 3 is 2.25 bits per heavy atom. The van der Waals surface area contributed by atoms with Crippen molar-refractivity contribution in [2.45, 2.75) is 25.1 Å². The molecule has 3 rings (SSSR count). The summed E-state index contributed by atoms with van der Waals surface area (Å²) in [7, 11) is 0. The highest BCUT2D eigenvalue weighted by molar-refractivity contribution is 6.03. The number of carbonyl (C=O) groups is 1. The predicted molar refractivity (Wildman–Crippen MR) is 84.4 cm³/mol. The zero-order valence-electron chi connectivity index (χ0n) is 14.1. The molecule has 4 nitrogen and oxygen atoms in total. The van der Waals surface area contributed by atoms with Crippen LogP contribution in [0, 0.1) is 24.4 Å². The lowest BCUT2D eigenvalue weighted by Gasteiger charge is -2.29. The molecule has 1 unspecified atom stereocenters. The van der Waals surface area contributed by atoms with Crippen molar-refractivity contribution in [1.29, 1.82) is 0 Å². The normalized spacial score (nSPS) is 19.3. The standard InChI is InChI=1S/C18H11F6NO3/c1-8-4-9(2-3-11(8)16(26)27)14-7-17(28-25-14,18(22,23)24)10-5-12(19)15(21)13(20)6-10/h2-6H,7H2,1H3,(H,26,27). The van der Waals surface area contributed by atoms with Crippen LogP contribution in [0.15, 0.2) is 35.5 Å². The topological polar surface area (TPSA) is 58.9 Å². The van der Waals surface area contributed by atoms with Gasteiger partial charge in [0.05, 0.1) is 11.3 Å². The molecule has 0 radical (unpaired) electrons. The highest BCUT2D eigenvalue weighted by Crippen LogP contribution is 2.49. The van der Waals surface area contributed by atoms with E-state index in [-0.39, 0.29) is 34.5 Å². The molecule has 1 N–H and O–H groups in total. The van der Waals surface area contributed by atoms with Crippen molar-refractivity contribution in [3.63, 3.8) is 0 Å². The summed E-state index contributed by atoms with van der Waals surface area (Å²) in [4.78, 5) is 15.7. The predicted octanol–water partition coefficient (Wildman–Crippen LogP) is 4.69. The van der Waals surface area contributed by atoms with E-state index in [1.54, 1.807) is 0 Å². The van der Waals surface area contributed by atoms with E-state index < -0.39 is 47.2 Å². The second kappa shape index (κ2) is 6.54. The first-order valence-corrected chi connectivity index (χ1v) is 7.77. The third-order valence-corrected chi connectivity index (χ3v) is 4.43. The van der Waals surface area contributed by atoms with Gasteiger partial charge in [0.15, 0.2) is 17.5 Å². The lowest BCUT2D eigenvalue weighted by molar-refractivity contribution is -0.276. The SMILES string of the molecule is Cc1cc(C2=NOC(c3cc(F)c(F)c(F)c3)(C(F)(F)F)C2)ccc1C(=O)O. The quantitative estimate of drug-likeness (QED) is 0.598. The Balaban J connectivity index is 2.04.